The van der Waals surface area contributed by atoms with Gasteiger partial charge in [-0.15, -0.1) is 0 Å². The molecule has 1 fully saturated rings. The summed E-state index contributed by atoms with van der Waals surface area (Å²) in [5, 5.41) is 12.3. The molecule has 1 unspecified atom stereocenters. The van der Waals surface area contributed by atoms with Gasteiger partial charge in [-0.3, -0.25) is 4.79 Å². The zero-order valence-corrected chi connectivity index (χ0v) is 10.1. The van der Waals surface area contributed by atoms with E-state index in [1.54, 1.807) is 6.92 Å². The minimum atomic E-state index is -0.723. The minimum absolute atomic E-state index is 0.0126. The van der Waals surface area contributed by atoms with E-state index >= 15 is 0 Å². The van der Waals surface area contributed by atoms with Crippen molar-refractivity contribution in [2.75, 3.05) is 6.61 Å². The van der Waals surface area contributed by atoms with E-state index in [4.69, 9.17) is 4.74 Å². The molecular weight excluding hydrogens is 237 g/mol. The van der Waals surface area contributed by atoms with Gasteiger partial charge in [0.15, 0.2) is 0 Å². The highest BCUT2D eigenvalue weighted by atomic mass is 19.1. The topological polar surface area (TPSA) is 58.6 Å². The third-order valence-electron chi connectivity index (χ3n) is 2.95. The Morgan fingerprint density at radius 1 is 1.61 bits per heavy atom. The molecule has 0 aromatic heterocycles. The fourth-order valence-electron chi connectivity index (χ4n) is 1.97. The van der Waals surface area contributed by atoms with Gasteiger partial charge < -0.3 is 15.2 Å². The van der Waals surface area contributed by atoms with Gasteiger partial charge in [-0.1, -0.05) is 0 Å². The fourth-order valence-corrected chi connectivity index (χ4v) is 1.97. The number of rotatable bonds is 4. The number of amides is 1. The maximum absolute atomic E-state index is 13.1. The monoisotopic (exact) mass is 253 g/mol. The second-order valence-corrected chi connectivity index (χ2v) is 4.47. The molecule has 1 saturated heterocycles. The van der Waals surface area contributed by atoms with E-state index in [1.165, 1.54) is 18.2 Å². The Kier molecular flexibility index (Phi) is 3.81. The lowest BCUT2D eigenvalue weighted by Crippen LogP contribution is -2.31. The Labute approximate surface area is 105 Å². The summed E-state index contributed by atoms with van der Waals surface area (Å²) in [5.41, 5.74) is 0.542. The first-order valence-corrected chi connectivity index (χ1v) is 5.96. The molecule has 1 aromatic carbocycles. The number of halogens is 1. The van der Waals surface area contributed by atoms with Crippen molar-refractivity contribution >= 4 is 5.91 Å². The molecule has 1 amide bonds. The van der Waals surface area contributed by atoms with E-state index in [-0.39, 0.29) is 18.6 Å². The van der Waals surface area contributed by atoms with Crippen LogP contribution in [0.25, 0.3) is 0 Å². The van der Waals surface area contributed by atoms with Gasteiger partial charge in [0, 0.05) is 18.1 Å². The van der Waals surface area contributed by atoms with Crippen molar-refractivity contribution in [1.82, 2.24) is 5.32 Å². The standard InChI is InChI=1S/C13H16FNO3/c1-8(16)11-4-2-9(14)6-12(11)18-7-10-3-5-13(17)15-10/h2,4,6,8,10,16H,3,5,7H2,1H3,(H,15,17)/t8-,10?/m1/s1. The van der Waals surface area contributed by atoms with Crippen molar-refractivity contribution in [2.45, 2.75) is 31.9 Å². The highest BCUT2D eigenvalue weighted by molar-refractivity contribution is 5.78. The zero-order chi connectivity index (χ0) is 13.1. The molecule has 0 bridgehead atoms. The zero-order valence-electron chi connectivity index (χ0n) is 10.1. The third kappa shape index (κ3) is 2.98. The van der Waals surface area contributed by atoms with Crippen molar-refractivity contribution < 1.29 is 19.0 Å². The smallest absolute Gasteiger partial charge is 0.220 e. The molecule has 2 atom stereocenters. The summed E-state index contributed by atoms with van der Waals surface area (Å²) in [6, 6.07) is 4.00. The quantitative estimate of drug-likeness (QED) is 0.855. The molecule has 1 heterocycles. The van der Waals surface area contributed by atoms with E-state index in [9.17, 15) is 14.3 Å². The van der Waals surface area contributed by atoms with Gasteiger partial charge in [-0.2, -0.15) is 0 Å². The molecule has 98 valence electrons. The van der Waals surface area contributed by atoms with Crippen LogP contribution in [0, 0.1) is 5.82 Å². The van der Waals surface area contributed by atoms with Crippen LogP contribution < -0.4 is 10.1 Å². The van der Waals surface area contributed by atoms with Crippen molar-refractivity contribution in [3.05, 3.63) is 29.6 Å². The number of ether oxygens (including phenoxy) is 1. The maximum atomic E-state index is 13.1. The summed E-state index contributed by atoms with van der Waals surface area (Å²) in [6.45, 7) is 1.88. The molecule has 1 aliphatic rings. The van der Waals surface area contributed by atoms with Crippen LogP contribution in [-0.2, 0) is 4.79 Å². The Hall–Kier alpha value is -1.62. The molecule has 1 aliphatic heterocycles. The van der Waals surface area contributed by atoms with Gasteiger partial charge in [0.25, 0.3) is 0 Å². The summed E-state index contributed by atoms with van der Waals surface area (Å²) in [5.74, 6) is -0.0744. The predicted molar refractivity (Wildman–Crippen MR) is 63.7 cm³/mol. The van der Waals surface area contributed by atoms with Crippen LogP contribution in [0.15, 0.2) is 18.2 Å². The summed E-state index contributed by atoms with van der Waals surface area (Å²) >= 11 is 0. The van der Waals surface area contributed by atoms with Crippen LogP contribution in [0.2, 0.25) is 0 Å². The van der Waals surface area contributed by atoms with Gasteiger partial charge >= 0.3 is 0 Å². The van der Waals surface area contributed by atoms with Crippen molar-refractivity contribution in [2.24, 2.45) is 0 Å². The maximum Gasteiger partial charge on any atom is 0.220 e. The molecular formula is C13H16FNO3. The number of carbonyl (C=O) groups excluding carboxylic acids is 1. The number of aliphatic hydroxyl groups is 1. The van der Waals surface area contributed by atoms with Gasteiger partial charge in [0.05, 0.1) is 12.1 Å². The molecule has 0 saturated carbocycles. The first kappa shape index (κ1) is 12.8. The van der Waals surface area contributed by atoms with Crippen molar-refractivity contribution in [3.63, 3.8) is 0 Å². The number of benzene rings is 1. The van der Waals surface area contributed by atoms with Crippen LogP contribution in [-0.4, -0.2) is 23.7 Å². The van der Waals surface area contributed by atoms with E-state index in [0.717, 1.165) is 6.42 Å². The molecule has 18 heavy (non-hydrogen) atoms. The molecule has 0 aliphatic carbocycles. The number of hydrogen-bond donors (Lipinski definition) is 2. The van der Waals surface area contributed by atoms with Gasteiger partial charge in [0.1, 0.15) is 18.2 Å². The third-order valence-corrected chi connectivity index (χ3v) is 2.95. The number of nitrogens with one attached hydrogen (secondary N) is 1. The van der Waals surface area contributed by atoms with Gasteiger partial charge in [0.2, 0.25) is 5.91 Å². The summed E-state index contributed by atoms with van der Waals surface area (Å²) in [7, 11) is 0. The van der Waals surface area contributed by atoms with Crippen LogP contribution >= 0.6 is 0 Å². The van der Waals surface area contributed by atoms with Gasteiger partial charge in [-0.05, 0) is 25.5 Å². The largest absolute Gasteiger partial charge is 0.491 e. The minimum Gasteiger partial charge on any atom is -0.491 e. The number of aliphatic hydroxyl groups excluding tert-OH is 1. The molecule has 2 rings (SSSR count). The molecule has 2 N–H and O–H groups in total. The SMILES string of the molecule is C[C@@H](O)c1ccc(F)cc1OCC1CCC(=O)N1. The highest BCUT2D eigenvalue weighted by Crippen LogP contribution is 2.26. The van der Waals surface area contributed by atoms with Crippen molar-refractivity contribution in [3.8, 4) is 5.75 Å². The van der Waals surface area contributed by atoms with E-state index < -0.39 is 11.9 Å². The first-order valence-electron chi connectivity index (χ1n) is 5.96. The molecule has 1 aromatic rings. The van der Waals surface area contributed by atoms with Crippen molar-refractivity contribution in [1.29, 1.82) is 0 Å². The number of carbonyl (C=O) groups is 1. The Bertz CT molecular complexity index is 448. The van der Waals surface area contributed by atoms with E-state index in [1.807, 2.05) is 0 Å². The predicted octanol–water partition coefficient (Wildman–Crippen LogP) is 1.54. The second kappa shape index (κ2) is 5.35. The van der Waals surface area contributed by atoms with Crippen LogP contribution in [0.3, 0.4) is 0 Å². The average Bonchev–Trinajstić information content (AvgIpc) is 2.72. The highest BCUT2D eigenvalue weighted by Gasteiger charge is 2.21. The molecule has 4 nitrogen and oxygen atoms in total. The summed E-state index contributed by atoms with van der Waals surface area (Å²) in [4.78, 5) is 11.0. The van der Waals surface area contributed by atoms with Gasteiger partial charge in [-0.25, -0.2) is 4.39 Å². The lowest BCUT2D eigenvalue weighted by Gasteiger charge is -2.16. The van der Waals surface area contributed by atoms with Crippen LogP contribution in [0.1, 0.15) is 31.4 Å². The van der Waals surface area contributed by atoms with Crippen LogP contribution in [0.5, 0.6) is 5.75 Å². The Morgan fingerprint density at radius 3 is 3.00 bits per heavy atom. The average molecular weight is 253 g/mol. The summed E-state index contributed by atoms with van der Waals surface area (Å²) < 4.78 is 18.6. The molecule has 5 heteroatoms. The van der Waals surface area contributed by atoms with Crippen LogP contribution in [0.4, 0.5) is 4.39 Å². The Morgan fingerprint density at radius 2 is 2.39 bits per heavy atom. The Balaban J connectivity index is 2.03. The molecule has 0 radical (unpaired) electrons. The number of hydrogen-bond acceptors (Lipinski definition) is 3. The first-order chi connectivity index (χ1) is 8.56. The van der Waals surface area contributed by atoms with E-state index in [0.29, 0.717) is 17.7 Å². The summed E-state index contributed by atoms with van der Waals surface area (Å²) in [6.07, 6.45) is 0.497. The van der Waals surface area contributed by atoms with E-state index in [2.05, 4.69) is 5.32 Å². The fraction of sp³-hybridized carbons (Fsp3) is 0.462. The lowest BCUT2D eigenvalue weighted by molar-refractivity contribution is -0.119. The molecule has 0 spiro atoms. The lowest BCUT2D eigenvalue weighted by atomic mass is 10.1. The second-order valence-electron chi connectivity index (χ2n) is 4.47. The normalized spacial score (nSPS) is 20.6.